The van der Waals surface area contributed by atoms with Crippen LogP contribution in [0.1, 0.15) is 51.0 Å². The average molecular weight is 314 g/mol. The molecule has 2 heterocycles. The molecule has 0 saturated carbocycles. The van der Waals surface area contributed by atoms with Gasteiger partial charge < -0.3 is 4.90 Å². The normalized spacial score (nSPS) is 23.1. The fraction of sp³-hybridized carbons (Fsp3) is 0.611. The second-order valence-electron chi connectivity index (χ2n) is 7.24. The van der Waals surface area contributed by atoms with Crippen LogP contribution in [0, 0.1) is 11.8 Å². The average Bonchev–Trinajstić information content (AvgIpc) is 2.98. The Kier molecular flexibility index (Phi) is 5.06. The minimum atomic E-state index is 0.376. The van der Waals surface area contributed by atoms with Crippen LogP contribution >= 0.6 is 0 Å². The van der Waals surface area contributed by atoms with Gasteiger partial charge in [0, 0.05) is 5.92 Å². The van der Waals surface area contributed by atoms with Crippen molar-refractivity contribution in [1.29, 1.82) is 0 Å². The fourth-order valence-corrected chi connectivity index (χ4v) is 3.70. The van der Waals surface area contributed by atoms with E-state index in [-0.39, 0.29) is 0 Å². The first-order valence-corrected chi connectivity index (χ1v) is 8.79. The number of hydrogen-bond donors (Lipinski definition) is 1. The number of quaternary nitrogens is 1. The van der Waals surface area contributed by atoms with Crippen LogP contribution < -0.4 is 4.90 Å². The van der Waals surface area contributed by atoms with E-state index in [2.05, 4.69) is 60.6 Å². The summed E-state index contributed by atoms with van der Waals surface area (Å²) >= 11 is 0. The molecule has 5 nitrogen and oxygen atoms in total. The maximum atomic E-state index is 4.41. The van der Waals surface area contributed by atoms with Crippen molar-refractivity contribution in [1.82, 2.24) is 20.2 Å². The quantitative estimate of drug-likeness (QED) is 0.914. The molecular weight excluding hydrogens is 286 g/mol. The lowest BCUT2D eigenvalue weighted by Crippen LogP contribution is -3.14. The van der Waals surface area contributed by atoms with E-state index < -0.39 is 0 Å². The van der Waals surface area contributed by atoms with Gasteiger partial charge in [-0.3, -0.25) is 0 Å². The van der Waals surface area contributed by atoms with Crippen LogP contribution in [-0.4, -0.2) is 33.3 Å². The topological polar surface area (TPSA) is 48.0 Å². The Bertz CT molecular complexity index is 599. The minimum Gasteiger partial charge on any atom is -0.326 e. The van der Waals surface area contributed by atoms with Crippen molar-refractivity contribution < 1.29 is 4.90 Å². The monoisotopic (exact) mass is 314 g/mol. The summed E-state index contributed by atoms with van der Waals surface area (Å²) in [6.07, 6.45) is 2.61. The molecule has 0 bridgehead atoms. The maximum absolute atomic E-state index is 4.41. The Balaban J connectivity index is 1.82. The van der Waals surface area contributed by atoms with Crippen molar-refractivity contribution >= 4 is 0 Å². The van der Waals surface area contributed by atoms with E-state index in [4.69, 9.17) is 0 Å². The summed E-state index contributed by atoms with van der Waals surface area (Å²) in [5.74, 6) is 2.42. The number of tetrazole rings is 1. The van der Waals surface area contributed by atoms with E-state index in [9.17, 15) is 0 Å². The Morgan fingerprint density at radius 3 is 2.52 bits per heavy atom. The number of likely N-dealkylation sites (tertiary alicyclic amines) is 1. The van der Waals surface area contributed by atoms with Crippen LogP contribution in [-0.2, 0) is 6.54 Å². The van der Waals surface area contributed by atoms with Crippen molar-refractivity contribution in [2.75, 3.05) is 13.1 Å². The van der Waals surface area contributed by atoms with Gasteiger partial charge in [-0.25, -0.2) is 4.68 Å². The molecule has 1 aliphatic rings. The molecule has 0 spiro atoms. The van der Waals surface area contributed by atoms with Gasteiger partial charge in [-0.1, -0.05) is 51.1 Å². The van der Waals surface area contributed by atoms with Gasteiger partial charge in [0.1, 0.15) is 0 Å². The summed E-state index contributed by atoms with van der Waals surface area (Å²) in [5.41, 5.74) is 1.24. The number of nitrogens with zero attached hydrogens (tertiary/aromatic N) is 4. The van der Waals surface area contributed by atoms with Gasteiger partial charge in [-0.15, -0.1) is 5.10 Å². The summed E-state index contributed by atoms with van der Waals surface area (Å²) in [7, 11) is 0. The smallest absolute Gasteiger partial charge is 0.209 e. The van der Waals surface area contributed by atoms with Crippen LogP contribution in [0.5, 0.6) is 0 Å². The molecule has 1 aromatic heterocycles. The molecule has 23 heavy (non-hydrogen) atoms. The Hall–Kier alpha value is -1.75. The Labute approximate surface area is 138 Å². The zero-order valence-corrected chi connectivity index (χ0v) is 14.4. The zero-order chi connectivity index (χ0) is 16.2. The van der Waals surface area contributed by atoms with Crippen LogP contribution in [0.25, 0.3) is 0 Å². The van der Waals surface area contributed by atoms with Crippen molar-refractivity contribution in [2.45, 2.75) is 46.2 Å². The summed E-state index contributed by atoms with van der Waals surface area (Å²) in [4.78, 5) is 1.64. The van der Waals surface area contributed by atoms with Gasteiger partial charge in [0.05, 0.1) is 19.6 Å². The fourth-order valence-electron chi connectivity index (χ4n) is 3.70. The lowest BCUT2D eigenvalue weighted by molar-refractivity contribution is -0.942. The minimum absolute atomic E-state index is 0.376. The van der Waals surface area contributed by atoms with Crippen molar-refractivity contribution in [3.63, 3.8) is 0 Å². The molecule has 1 N–H and O–H groups in total. The predicted molar refractivity (Wildman–Crippen MR) is 90.0 cm³/mol. The molecular formula is C18H28N5+. The molecule has 0 aliphatic carbocycles. The SMILES string of the molecule is CC1CC[NH+]([C@H](c2nnnn2Cc2ccccc2)C(C)C)CC1. The highest BCUT2D eigenvalue weighted by Crippen LogP contribution is 2.19. The molecule has 1 aliphatic heterocycles. The van der Waals surface area contributed by atoms with Gasteiger partial charge in [0.15, 0.2) is 6.04 Å². The van der Waals surface area contributed by atoms with Crippen LogP contribution in [0.3, 0.4) is 0 Å². The number of nitrogens with one attached hydrogen (secondary N) is 1. The number of hydrogen-bond acceptors (Lipinski definition) is 3. The van der Waals surface area contributed by atoms with Crippen LogP contribution in [0.4, 0.5) is 0 Å². The summed E-state index contributed by atoms with van der Waals surface area (Å²) in [5, 5.41) is 12.7. The highest BCUT2D eigenvalue weighted by molar-refractivity contribution is 5.15. The predicted octanol–water partition coefficient (Wildman–Crippen LogP) is 1.73. The van der Waals surface area contributed by atoms with E-state index in [1.54, 1.807) is 4.90 Å². The molecule has 1 atom stereocenters. The van der Waals surface area contributed by atoms with Crippen molar-refractivity contribution in [3.05, 3.63) is 41.7 Å². The maximum Gasteiger partial charge on any atom is 0.209 e. The molecule has 0 radical (unpaired) electrons. The lowest BCUT2D eigenvalue weighted by Gasteiger charge is -2.34. The molecule has 124 valence electrons. The van der Waals surface area contributed by atoms with E-state index in [0.29, 0.717) is 12.0 Å². The third kappa shape index (κ3) is 3.78. The van der Waals surface area contributed by atoms with Crippen LogP contribution in [0.2, 0.25) is 0 Å². The van der Waals surface area contributed by atoms with Crippen molar-refractivity contribution in [3.8, 4) is 0 Å². The number of rotatable bonds is 5. The summed E-state index contributed by atoms with van der Waals surface area (Å²) in [6, 6.07) is 10.8. The third-order valence-electron chi connectivity index (χ3n) is 5.04. The molecule has 1 aromatic carbocycles. The first-order chi connectivity index (χ1) is 11.1. The van der Waals surface area contributed by atoms with Crippen LogP contribution in [0.15, 0.2) is 30.3 Å². The number of piperidine rings is 1. The number of aromatic nitrogens is 4. The molecule has 5 heteroatoms. The Morgan fingerprint density at radius 1 is 1.17 bits per heavy atom. The molecule has 1 fully saturated rings. The van der Waals surface area contributed by atoms with Gasteiger partial charge in [-0.05, 0) is 34.7 Å². The van der Waals surface area contributed by atoms with E-state index >= 15 is 0 Å². The van der Waals surface area contributed by atoms with E-state index in [0.717, 1.165) is 18.3 Å². The van der Waals surface area contributed by atoms with E-state index in [1.165, 1.54) is 31.5 Å². The van der Waals surface area contributed by atoms with Crippen molar-refractivity contribution in [2.24, 2.45) is 11.8 Å². The number of benzene rings is 1. The van der Waals surface area contributed by atoms with Gasteiger partial charge in [0.2, 0.25) is 5.82 Å². The lowest BCUT2D eigenvalue weighted by atomic mass is 9.94. The first-order valence-electron chi connectivity index (χ1n) is 8.79. The standard InChI is InChI=1S/C18H27N5/c1-14(2)17(22-11-9-15(3)10-12-22)18-19-20-21-23(18)13-16-7-5-4-6-8-16/h4-8,14-15,17H,9-13H2,1-3H3/p+1/t17-/m0/s1. The van der Waals surface area contributed by atoms with E-state index in [1.807, 2.05) is 10.7 Å². The molecule has 3 rings (SSSR count). The summed E-state index contributed by atoms with van der Waals surface area (Å²) in [6.45, 7) is 10.1. The molecule has 0 amide bonds. The largest absolute Gasteiger partial charge is 0.326 e. The first kappa shape index (κ1) is 16.1. The summed E-state index contributed by atoms with van der Waals surface area (Å²) < 4.78 is 1.99. The van der Waals surface area contributed by atoms with Gasteiger partial charge in [-0.2, -0.15) is 0 Å². The second-order valence-corrected chi connectivity index (χ2v) is 7.24. The zero-order valence-electron chi connectivity index (χ0n) is 14.4. The Morgan fingerprint density at radius 2 is 1.87 bits per heavy atom. The third-order valence-corrected chi connectivity index (χ3v) is 5.04. The highest BCUT2D eigenvalue weighted by Gasteiger charge is 2.34. The second kappa shape index (κ2) is 7.21. The highest BCUT2D eigenvalue weighted by atomic mass is 15.5. The molecule has 2 aromatic rings. The molecule has 0 unspecified atom stereocenters. The van der Waals surface area contributed by atoms with Gasteiger partial charge in [0.25, 0.3) is 0 Å². The molecule has 1 saturated heterocycles. The van der Waals surface area contributed by atoms with Gasteiger partial charge >= 0.3 is 0 Å².